The van der Waals surface area contributed by atoms with Crippen LogP contribution in [-0.2, 0) is 0 Å². The molecule has 1 aromatic rings. The van der Waals surface area contributed by atoms with Crippen molar-refractivity contribution in [3.05, 3.63) is 4.77 Å². The van der Waals surface area contributed by atoms with Crippen molar-refractivity contribution in [1.29, 1.82) is 0 Å². The van der Waals surface area contributed by atoms with Gasteiger partial charge in [-0.3, -0.25) is 4.57 Å². The van der Waals surface area contributed by atoms with E-state index in [-0.39, 0.29) is 0 Å². The van der Waals surface area contributed by atoms with Crippen LogP contribution in [0, 0.1) is 10.7 Å². The molecule has 0 bridgehead atoms. The molecular weight excluding hydrogens is 232 g/mol. The minimum Gasteiger partial charge on any atom is -0.338 e. The number of aromatic amines is 1. The SMILES string of the molecule is CC1CCN(c2n[nH]c(=S)n2C2CC2)C(C)C1. The highest BCUT2D eigenvalue weighted by atomic mass is 32.1. The van der Waals surface area contributed by atoms with E-state index in [2.05, 4.69) is 33.5 Å². The second kappa shape index (κ2) is 4.12. The molecule has 1 aliphatic heterocycles. The van der Waals surface area contributed by atoms with Crippen LogP contribution in [-0.4, -0.2) is 27.4 Å². The Bertz CT molecular complexity index is 459. The second-order valence-electron chi connectivity index (χ2n) is 5.60. The van der Waals surface area contributed by atoms with Crippen LogP contribution in [0.4, 0.5) is 5.95 Å². The fraction of sp³-hybridized carbons (Fsp3) is 0.833. The molecule has 1 saturated carbocycles. The van der Waals surface area contributed by atoms with Gasteiger partial charge < -0.3 is 4.90 Å². The standard InChI is InChI=1S/C12H20N4S/c1-8-5-6-15(9(2)7-8)11-13-14-12(17)16(11)10-3-4-10/h8-10H,3-7H2,1-2H3,(H,14,17). The molecule has 0 spiro atoms. The van der Waals surface area contributed by atoms with Crippen LogP contribution < -0.4 is 4.90 Å². The molecular formula is C12H20N4S. The van der Waals surface area contributed by atoms with Gasteiger partial charge in [-0.25, -0.2) is 5.10 Å². The molecule has 0 radical (unpaired) electrons. The van der Waals surface area contributed by atoms with Crippen molar-refractivity contribution in [3.8, 4) is 0 Å². The van der Waals surface area contributed by atoms with Crippen LogP contribution in [0.25, 0.3) is 0 Å². The molecule has 1 aromatic heterocycles. The number of nitrogens with zero attached hydrogens (tertiary/aromatic N) is 3. The van der Waals surface area contributed by atoms with Gasteiger partial charge in [0.15, 0.2) is 4.77 Å². The van der Waals surface area contributed by atoms with Crippen molar-refractivity contribution < 1.29 is 0 Å². The van der Waals surface area contributed by atoms with Gasteiger partial charge in [0.2, 0.25) is 5.95 Å². The predicted octanol–water partition coefficient (Wildman–Crippen LogP) is 2.90. The molecule has 17 heavy (non-hydrogen) atoms. The van der Waals surface area contributed by atoms with Gasteiger partial charge in [-0.15, -0.1) is 5.10 Å². The van der Waals surface area contributed by atoms with Crippen LogP contribution in [0.15, 0.2) is 0 Å². The highest BCUT2D eigenvalue weighted by molar-refractivity contribution is 7.71. The number of hydrogen-bond donors (Lipinski definition) is 1. The van der Waals surface area contributed by atoms with E-state index in [1.165, 1.54) is 25.7 Å². The molecule has 1 aliphatic carbocycles. The summed E-state index contributed by atoms with van der Waals surface area (Å²) < 4.78 is 3.01. The monoisotopic (exact) mass is 252 g/mol. The van der Waals surface area contributed by atoms with Crippen molar-refractivity contribution in [3.63, 3.8) is 0 Å². The lowest BCUT2D eigenvalue weighted by Gasteiger charge is -2.37. The molecule has 2 atom stereocenters. The third-order valence-electron chi connectivity index (χ3n) is 3.99. The molecule has 2 aliphatic rings. The van der Waals surface area contributed by atoms with E-state index in [0.29, 0.717) is 12.1 Å². The summed E-state index contributed by atoms with van der Waals surface area (Å²) in [6.45, 7) is 5.74. The van der Waals surface area contributed by atoms with E-state index in [0.717, 1.165) is 23.2 Å². The Morgan fingerprint density at radius 2 is 2.06 bits per heavy atom. The van der Waals surface area contributed by atoms with Gasteiger partial charge in [0.1, 0.15) is 0 Å². The zero-order chi connectivity index (χ0) is 12.0. The molecule has 0 amide bonds. The second-order valence-corrected chi connectivity index (χ2v) is 5.99. The van der Waals surface area contributed by atoms with Gasteiger partial charge in [0, 0.05) is 18.6 Å². The smallest absolute Gasteiger partial charge is 0.226 e. The van der Waals surface area contributed by atoms with E-state index in [9.17, 15) is 0 Å². The van der Waals surface area contributed by atoms with Crippen molar-refractivity contribution >= 4 is 18.2 Å². The number of anilines is 1. The first-order valence-corrected chi connectivity index (χ1v) is 7.01. The fourth-order valence-corrected chi connectivity index (χ4v) is 3.14. The molecule has 2 unspecified atom stereocenters. The van der Waals surface area contributed by atoms with Crippen molar-refractivity contribution in [2.75, 3.05) is 11.4 Å². The summed E-state index contributed by atoms with van der Waals surface area (Å²) in [5, 5.41) is 7.41. The topological polar surface area (TPSA) is 36.9 Å². The normalized spacial score (nSPS) is 29.6. The summed E-state index contributed by atoms with van der Waals surface area (Å²) in [4.78, 5) is 2.42. The summed E-state index contributed by atoms with van der Waals surface area (Å²) in [6, 6.07) is 1.17. The number of piperidine rings is 1. The van der Waals surface area contributed by atoms with Gasteiger partial charge >= 0.3 is 0 Å². The van der Waals surface area contributed by atoms with E-state index in [1.54, 1.807) is 0 Å². The Kier molecular flexibility index (Phi) is 2.73. The third-order valence-corrected chi connectivity index (χ3v) is 4.28. The van der Waals surface area contributed by atoms with E-state index in [4.69, 9.17) is 12.2 Å². The summed E-state index contributed by atoms with van der Waals surface area (Å²) in [7, 11) is 0. The first kappa shape index (κ1) is 11.3. The number of hydrogen-bond acceptors (Lipinski definition) is 3. The maximum atomic E-state index is 5.34. The predicted molar refractivity (Wildman–Crippen MR) is 70.9 cm³/mol. The molecule has 94 valence electrons. The molecule has 5 heteroatoms. The lowest BCUT2D eigenvalue weighted by molar-refractivity contribution is 0.370. The van der Waals surface area contributed by atoms with Gasteiger partial charge in [-0.1, -0.05) is 6.92 Å². The summed E-state index contributed by atoms with van der Waals surface area (Å²) >= 11 is 5.34. The summed E-state index contributed by atoms with van der Waals surface area (Å²) in [5.41, 5.74) is 0. The summed E-state index contributed by atoms with van der Waals surface area (Å²) in [6.07, 6.45) is 5.01. The van der Waals surface area contributed by atoms with E-state index in [1.807, 2.05) is 0 Å². The minimum absolute atomic E-state index is 0.571. The van der Waals surface area contributed by atoms with Crippen molar-refractivity contribution in [2.24, 2.45) is 5.92 Å². The Labute approximate surface area is 107 Å². The minimum atomic E-state index is 0.571. The Morgan fingerprint density at radius 3 is 2.71 bits per heavy atom. The Hall–Kier alpha value is -0.840. The lowest BCUT2D eigenvalue weighted by Crippen LogP contribution is -2.41. The number of rotatable bonds is 2. The molecule has 1 N–H and O–H groups in total. The molecule has 2 heterocycles. The highest BCUT2D eigenvalue weighted by Gasteiger charge is 2.32. The van der Waals surface area contributed by atoms with Crippen LogP contribution in [0.2, 0.25) is 0 Å². The van der Waals surface area contributed by atoms with Crippen LogP contribution in [0.5, 0.6) is 0 Å². The summed E-state index contributed by atoms with van der Waals surface area (Å²) in [5.74, 6) is 1.90. The van der Waals surface area contributed by atoms with Crippen molar-refractivity contribution in [2.45, 2.75) is 51.6 Å². The van der Waals surface area contributed by atoms with E-state index >= 15 is 0 Å². The van der Waals surface area contributed by atoms with Gasteiger partial charge in [0.25, 0.3) is 0 Å². The number of H-pyrrole nitrogens is 1. The molecule has 2 fully saturated rings. The average Bonchev–Trinajstić information content (AvgIpc) is 3.03. The molecule has 1 saturated heterocycles. The van der Waals surface area contributed by atoms with Crippen LogP contribution in [0.1, 0.15) is 45.6 Å². The average molecular weight is 252 g/mol. The largest absolute Gasteiger partial charge is 0.338 e. The quantitative estimate of drug-likeness (QED) is 0.822. The van der Waals surface area contributed by atoms with Gasteiger partial charge in [-0.2, -0.15) is 0 Å². The van der Waals surface area contributed by atoms with Crippen LogP contribution in [0.3, 0.4) is 0 Å². The zero-order valence-electron chi connectivity index (χ0n) is 10.5. The third kappa shape index (κ3) is 2.01. The molecule has 4 nitrogen and oxygen atoms in total. The van der Waals surface area contributed by atoms with Crippen LogP contribution >= 0.6 is 12.2 Å². The zero-order valence-corrected chi connectivity index (χ0v) is 11.3. The Morgan fingerprint density at radius 1 is 1.29 bits per heavy atom. The number of aromatic nitrogens is 3. The fourth-order valence-electron chi connectivity index (χ4n) is 2.87. The molecule has 3 rings (SSSR count). The maximum Gasteiger partial charge on any atom is 0.226 e. The number of nitrogens with one attached hydrogen (secondary N) is 1. The highest BCUT2D eigenvalue weighted by Crippen LogP contribution is 2.39. The van der Waals surface area contributed by atoms with E-state index < -0.39 is 0 Å². The van der Waals surface area contributed by atoms with Crippen molar-refractivity contribution in [1.82, 2.24) is 14.8 Å². The van der Waals surface area contributed by atoms with Gasteiger partial charge in [-0.05, 0) is 50.7 Å². The Balaban J connectivity index is 1.90. The lowest BCUT2D eigenvalue weighted by atomic mass is 9.94. The van der Waals surface area contributed by atoms with Gasteiger partial charge in [0.05, 0.1) is 0 Å². The first-order valence-electron chi connectivity index (χ1n) is 6.60. The first-order chi connectivity index (χ1) is 8.16. The maximum absolute atomic E-state index is 5.34. The molecule has 0 aromatic carbocycles.